The van der Waals surface area contributed by atoms with Gasteiger partial charge in [-0.15, -0.1) is 0 Å². The Kier molecular flexibility index (Phi) is 5.13. The number of carbonyl (C=O) groups is 2. The van der Waals surface area contributed by atoms with Crippen molar-refractivity contribution in [3.8, 4) is 5.75 Å². The van der Waals surface area contributed by atoms with E-state index < -0.39 is 40.7 Å². The Labute approximate surface area is 162 Å². The Morgan fingerprint density at radius 2 is 2.11 bits per heavy atom. The summed E-state index contributed by atoms with van der Waals surface area (Å²) in [5.74, 6) is -2.98. The van der Waals surface area contributed by atoms with Gasteiger partial charge in [-0.3, -0.25) is 4.79 Å². The molecule has 28 heavy (non-hydrogen) atoms. The van der Waals surface area contributed by atoms with Crippen molar-refractivity contribution in [3.05, 3.63) is 33.5 Å². The Morgan fingerprint density at radius 1 is 1.43 bits per heavy atom. The van der Waals surface area contributed by atoms with Crippen molar-refractivity contribution in [1.82, 2.24) is 0 Å². The van der Waals surface area contributed by atoms with E-state index in [1.165, 1.54) is 6.07 Å². The van der Waals surface area contributed by atoms with Crippen LogP contribution in [0.25, 0.3) is 11.0 Å². The van der Waals surface area contributed by atoms with E-state index in [0.29, 0.717) is 5.56 Å². The number of hydrogen-bond acceptors (Lipinski definition) is 9. The lowest BCUT2D eigenvalue weighted by molar-refractivity contribution is -0.168. The van der Waals surface area contributed by atoms with Gasteiger partial charge in [-0.2, -0.15) is 0 Å². The minimum absolute atomic E-state index is 0.0159. The number of carboxylic acids is 1. The molecule has 0 bridgehead atoms. The van der Waals surface area contributed by atoms with Crippen LogP contribution in [0, 0.1) is 6.92 Å². The lowest BCUT2D eigenvalue weighted by Crippen LogP contribution is -2.52. The zero-order valence-corrected chi connectivity index (χ0v) is 15.8. The van der Waals surface area contributed by atoms with Gasteiger partial charge < -0.3 is 29.6 Å². The number of hydrogen-bond donors (Lipinski definition) is 4. The molecule has 0 spiro atoms. The van der Waals surface area contributed by atoms with Crippen molar-refractivity contribution in [2.45, 2.75) is 41.8 Å². The summed E-state index contributed by atoms with van der Waals surface area (Å²) in [6, 6.07) is 2.99. The number of methoxy groups -OCH3 is 1. The lowest BCUT2D eigenvalue weighted by Gasteiger charge is -2.31. The molecule has 0 aliphatic carbocycles. The van der Waals surface area contributed by atoms with Crippen LogP contribution in [0.3, 0.4) is 0 Å². The highest BCUT2D eigenvalue weighted by Crippen LogP contribution is 2.44. The van der Waals surface area contributed by atoms with Gasteiger partial charge in [0.15, 0.2) is 16.8 Å². The van der Waals surface area contributed by atoms with E-state index in [-0.39, 0.29) is 33.8 Å². The van der Waals surface area contributed by atoms with Gasteiger partial charge in [0.05, 0.1) is 17.9 Å². The first-order chi connectivity index (χ1) is 13.1. The van der Waals surface area contributed by atoms with Gasteiger partial charge in [-0.05, 0) is 31.0 Å². The number of aliphatic hydroxyl groups excluding tert-OH is 1. The molecule has 1 aliphatic heterocycles. The topological polar surface area (TPSA) is 154 Å². The molecule has 1 aromatic heterocycles. The van der Waals surface area contributed by atoms with Crippen LogP contribution >= 0.6 is 11.8 Å². The average Bonchev–Trinajstić information content (AvgIpc) is 3.05. The number of aromatic hydroxyl groups is 1. The van der Waals surface area contributed by atoms with E-state index in [9.17, 15) is 29.7 Å². The normalized spacial score (nSPS) is 19.1. The second-order valence-corrected chi connectivity index (χ2v) is 7.81. The molecule has 0 saturated heterocycles. The largest absolute Gasteiger partial charge is 0.507 e. The van der Waals surface area contributed by atoms with E-state index in [1.807, 2.05) is 0 Å². The summed E-state index contributed by atoms with van der Waals surface area (Å²) >= 11 is 0.878. The second-order valence-electron chi connectivity index (χ2n) is 6.64. The number of fused-ring (bicyclic) bond motifs is 2. The van der Waals surface area contributed by atoms with Crippen LogP contribution in [0.2, 0.25) is 0 Å². The number of carbonyl (C=O) groups excluding carboxylic acids is 1. The van der Waals surface area contributed by atoms with Crippen LogP contribution in [0.5, 0.6) is 5.75 Å². The molecule has 1 aromatic carbocycles. The van der Waals surface area contributed by atoms with Crippen molar-refractivity contribution in [3.63, 3.8) is 0 Å². The average molecular weight is 410 g/mol. The Hall–Kier alpha value is -2.56. The lowest BCUT2D eigenvalue weighted by atomic mass is 9.89. The molecule has 0 amide bonds. The molecule has 1 aliphatic rings. The van der Waals surface area contributed by atoms with Crippen LogP contribution in [0.1, 0.15) is 17.5 Å². The highest BCUT2D eigenvalue weighted by atomic mass is 32.2. The number of rotatable bonds is 5. The van der Waals surface area contributed by atoms with E-state index in [1.54, 1.807) is 13.0 Å². The number of aliphatic hydroxyl groups is 2. The molecule has 4 N–H and O–H groups in total. The highest BCUT2D eigenvalue weighted by molar-refractivity contribution is 8.00. The first kappa shape index (κ1) is 20.2. The zero-order valence-electron chi connectivity index (χ0n) is 15.0. The highest BCUT2D eigenvalue weighted by Gasteiger charge is 2.51. The molecule has 2 aromatic rings. The van der Waals surface area contributed by atoms with Crippen LogP contribution in [0.15, 0.2) is 26.4 Å². The summed E-state index contributed by atoms with van der Waals surface area (Å²) in [6.07, 6.45) is -2.97. The molecule has 10 heteroatoms. The number of thioether (sulfide) groups is 1. The maximum Gasteiger partial charge on any atom is 0.339 e. The van der Waals surface area contributed by atoms with Crippen molar-refractivity contribution < 1.29 is 39.2 Å². The Balaban J connectivity index is 2.06. The molecule has 3 rings (SSSR count). The first-order valence-corrected chi connectivity index (χ1v) is 9.14. The minimum Gasteiger partial charge on any atom is -0.507 e. The third kappa shape index (κ3) is 3.23. The molecule has 0 fully saturated rings. The number of phenolic OH excluding ortho intramolecular Hbond substituents is 1. The number of aliphatic carboxylic acids is 1. The quantitative estimate of drug-likeness (QED) is 0.514. The summed E-state index contributed by atoms with van der Waals surface area (Å²) in [5, 5.41) is 38.7. The summed E-state index contributed by atoms with van der Waals surface area (Å²) in [4.78, 5) is 36.0. The number of aryl methyl sites for hydroxylation is 1. The molecular formula is C18H18O9S. The van der Waals surface area contributed by atoms with Crippen LogP contribution in [-0.2, 0) is 20.7 Å². The van der Waals surface area contributed by atoms with Crippen molar-refractivity contribution in [2.24, 2.45) is 0 Å². The summed E-state index contributed by atoms with van der Waals surface area (Å²) in [5.41, 5.74) is -1.91. The Morgan fingerprint density at radius 3 is 2.71 bits per heavy atom. The molecule has 3 atom stereocenters. The molecule has 2 heterocycles. The predicted octanol–water partition coefficient (Wildman–Crippen LogP) is 0.564. The summed E-state index contributed by atoms with van der Waals surface area (Å²) in [7, 11) is 1.02. The molecule has 0 radical (unpaired) electrons. The van der Waals surface area contributed by atoms with Gasteiger partial charge in [0.2, 0.25) is 5.43 Å². The second kappa shape index (κ2) is 7.12. The predicted molar refractivity (Wildman–Crippen MR) is 97.5 cm³/mol. The summed E-state index contributed by atoms with van der Waals surface area (Å²) in [6.45, 7) is 1.71. The summed E-state index contributed by atoms with van der Waals surface area (Å²) < 4.78 is 10.3. The zero-order chi connectivity index (χ0) is 20.8. The van der Waals surface area contributed by atoms with Gasteiger partial charge >= 0.3 is 11.9 Å². The van der Waals surface area contributed by atoms with Crippen molar-refractivity contribution in [2.75, 3.05) is 7.11 Å². The van der Waals surface area contributed by atoms with E-state index in [4.69, 9.17) is 9.52 Å². The van der Waals surface area contributed by atoms with Gasteiger partial charge in [-0.25, -0.2) is 9.59 Å². The SMILES string of the molecule is COC(=O)[C@@](O)(C[C@@H](O)C(=O)O)C1Cc2c(oc3cc(C)cc(O)c3c2=O)S1. The third-order valence-electron chi connectivity index (χ3n) is 4.68. The number of carboxylic acid groups (broad SMARTS) is 1. The molecular weight excluding hydrogens is 392 g/mol. The number of phenols is 1. The van der Waals surface area contributed by atoms with Gasteiger partial charge in [0, 0.05) is 6.42 Å². The maximum absolute atomic E-state index is 12.8. The number of ether oxygens (including phenoxy) is 1. The Bertz CT molecular complexity index is 1030. The van der Waals surface area contributed by atoms with E-state index in [0.717, 1.165) is 18.9 Å². The van der Waals surface area contributed by atoms with Crippen molar-refractivity contribution >= 4 is 34.7 Å². The van der Waals surface area contributed by atoms with Crippen LogP contribution < -0.4 is 5.43 Å². The van der Waals surface area contributed by atoms with E-state index >= 15 is 0 Å². The first-order valence-electron chi connectivity index (χ1n) is 8.26. The number of benzene rings is 1. The van der Waals surface area contributed by atoms with Gasteiger partial charge in [0.1, 0.15) is 16.7 Å². The van der Waals surface area contributed by atoms with Crippen molar-refractivity contribution in [1.29, 1.82) is 0 Å². The van der Waals surface area contributed by atoms with Gasteiger partial charge in [0.25, 0.3) is 0 Å². The van der Waals surface area contributed by atoms with Gasteiger partial charge in [-0.1, -0.05) is 11.8 Å². The third-order valence-corrected chi connectivity index (χ3v) is 6.06. The fraction of sp³-hybridized carbons (Fsp3) is 0.389. The fourth-order valence-corrected chi connectivity index (χ4v) is 4.60. The maximum atomic E-state index is 12.8. The number of esters is 1. The van der Waals surface area contributed by atoms with Crippen LogP contribution in [0.4, 0.5) is 0 Å². The molecule has 9 nitrogen and oxygen atoms in total. The standard InChI is InChI=1S/C18H18O9S/c1-7-3-9(19)13-11(4-7)27-16-8(14(13)21)5-12(28-16)18(25,17(24)26-2)6-10(20)15(22)23/h3-4,10,12,19-20,25H,5-6H2,1-2H3,(H,22,23)/t10-,12?,18-/m1/s1. The minimum atomic E-state index is -2.37. The van der Waals surface area contributed by atoms with E-state index in [2.05, 4.69) is 4.74 Å². The van der Waals surface area contributed by atoms with Crippen LogP contribution in [-0.4, -0.2) is 56.4 Å². The smallest absolute Gasteiger partial charge is 0.339 e. The molecule has 150 valence electrons. The molecule has 1 unspecified atom stereocenters. The molecule has 0 saturated carbocycles. The monoisotopic (exact) mass is 410 g/mol. The fourth-order valence-electron chi connectivity index (χ4n) is 3.25.